The van der Waals surface area contributed by atoms with Crippen LogP contribution in [0.2, 0.25) is 0 Å². The molecule has 1 aromatic rings. The number of nitrogens with one attached hydrogen (secondary N) is 1. The number of aryl methyl sites for hydroxylation is 1. The predicted molar refractivity (Wildman–Crippen MR) is 70.8 cm³/mol. The van der Waals surface area contributed by atoms with Gasteiger partial charge in [0.2, 0.25) is 0 Å². The van der Waals surface area contributed by atoms with Crippen LogP contribution in [0.1, 0.15) is 26.2 Å². The van der Waals surface area contributed by atoms with E-state index in [0.717, 1.165) is 19.5 Å². The standard InChI is InChI=1S/C13H21N3O2/c1-2-15-8-6-12(17)16(13(15)18)9-5-11-4-3-7-14-10-11/h6,8,11,14H,2-5,7,9-10H2,1H3. The van der Waals surface area contributed by atoms with E-state index < -0.39 is 0 Å². The van der Waals surface area contributed by atoms with Crippen molar-refractivity contribution in [2.75, 3.05) is 13.1 Å². The molecule has 1 aliphatic rings. The molecule has 0 amide bonds. The molecule has 1 N–H and O–H groups in total. The average Bonchev–Trinajstić information content (AvgIpc) is 2.40. The highest BCUT2D eigenvalue weighted by Gasteiger charge is 2.14. The molecule has 0 saturated carbocycles. The van der Waals surface area contributed by atoms with Gasteiger partial charge in [-0.15, -0.1) is 0 Å². The maximum atomic E-state index is 12.0. The topological polar surface area (TPSA) is 56.0 Å². The maximum Gasteiger partial charge on any atom is 0.330 e. The van der Waals surface area contributed by atoms with E-state index in [9.17, 15) is 9.59 Å². The first-order valence-electron chi connectivity index (χ1n) is 6.73. The van der Waals surface area contributed by atoms with E-state index in [4.69, 9.17) is 0 Å². The van der Waals surface area contributed by atoms with Gasteiger partial charge in [-0.1, -0.05) is 0 Å². The summed E-state index contributed by atoms with van der Waals surface area (Å²) in [6.45, 7) is 5.13. The summed E-state index contributed by atoms with van der Waals surface area (Å²) in [5, 5.41) is 3.35. The van der Waals surface area contributed by atoms with Gasteiger partial charge in [0.15, 0.2) is 0 Å². The molecule has 5 nitrogen and oxygen atoms in total. The molecule has 0 bridgehead atoms. The number of aromatic nitrogens is 2. The van der Waals surface area contributed by atoms with E-state index in [-0.39, 0.29) is 11.2 Å². The summed E-state index contributed by atoms with van der Waals surface area (Å²) in [4.78, 5) is 23.7. The molecule has 100 valence electrons. The van der Waals surface area contributed by atoms with Gasteiger partial charge in [-0.3, -0.25) is 9.36 Å². The SMILES string of the molecule is CCn1ccc(=O)n(CCC2CCCNC2)c1=O. The third-order valence-electron chi connectivity index (χ3n) is 3.64. The number of hydrogen-bond acceptors (Lipinski definition) is 3. The van der Waals surface area contributed by atoms with Crippen molar-refractivity contribution >= 4 is 0 Å². The fourth-order valence-electron chi connectivity index (χ4n) is 2.49. The lowest BCUT2D eigenvalue weighted by molar-refractivity contribution is 0.336. The maximum absolute atomic E-state index is 12.0. The Hall–Kier alpha value is -1.36. The van der Waals surface area contributed by atoms with Crippen LogP contribution in [0, 0.1) is 5.92 Å². The molecule has 1 unspecified atom stereocenters. The second-order valence-corrected chi connectivity index (χ2v) is 4.88. The highest BCUT2D eigenvalue weighted by atomic mass is 16.2. The lowest BCUT2D eigenvalue weighted by Gasteiger charge is -2.22. The Labute approximate surface area is 106 Å². The van der Waals surface area contributed by atoms with Gasteiger partial charge in [0, 0.05) is 25.4 Å². The minimum absolute atomic E-state index is 0.186. The third-order valence-corrected chi connectivity index (χ3v) is 3.64. The normalized spacial score (nSPS) is 19.9. The molecule has 0 aromatic carbocycles. The first kappa shape index (κ1) is 13.1. The van der Waals surface area contributed by atoms with Gasteiger partial charge in [0.25, 0.3) is 5.56 Å². The minimum atomic E-state index is -0.187. The second kappa shape index (κ2) is 6.00. The lowest BCUT2D eigenvalue weighted by atomic mass is 9.96. The fourth-order valence-corrected chi connectivity index (χ4v) is 2.49. The van der Waals surface area contributed by atoms with E-state index in [0.29, 0.717) is 19.0 Å². The quantitative estimate of drug-likeness (QED) is 0.844. The lowest BCUT2D eigenvalue weighted by Crippen LogP contribution is -2.40. The van der Waals surface area contributed by atoms with Gasteiger partial charge in [-0.25, -0.2) is 4.79 Å². The summed E-state index contributed by atoms with van der Waals surface area (Å²) in [5.41, 5.74) is -0.373. The average molecular weight is 251 g/mol. The first-order chi connectivity index (χ1) is 8.72. The molecular weight excluding hydrogens is 230 g/mol. The Morgan fingerprint density at radius 1 is 1.44 bits per heavy atom. The van der Waals surface area contributed by atoms with Crippen LogP contribution in [0.5, 0.6) is 0 Å². The molecule has 0 aliphatic carbocycles. The number of piperidine rings is 1. The number of nitrogens with zero attached hydrogens (tertiary/aromatic N) is 2. The molecule has 1 atom stereocenters. The Balaban J connectivity index is 2.08. The van der Waals surface area contributed by atoms with Crippen molar-refractivity contribution in [1.29, 1.82) is 0 Å². The van der Waals surface area contributed by atoms with E-state index >= 15 is 0 Å². The number of hydrogen-bond donors (Lipinski definition) is 1. The summed E-state index contributed by atoms with van der Waals surface area (Å²) in [6, 6.07) is 1.48. The summed E-state index contributed by atoms with van der Waals surface area (Å²) in [5.74, 6) is 0.584. The van der Waals surface area contributed by atoms with Crippen LogP contribution in [0.3, 0.4) is 0 Å². The predicted octanol–water partition coefficient (Wildman–Crippen LogP) is 0.420. The molecule has 1 fully saturated rings. The van der Waals surface area contributed by atoms with Gasteiger partial charge >= 0.3 is 5.69 Å². The summed E-state index contributed by atoms with van der Waals surface area (Å²) in [7, 11) is 0. The van der Waals surface area contributed by atoms with Crippen LogP contribution in [-0.2, 0) is 13.1 Å². The van der Waals surface area contributed by atoms with Crippen LogP contribution in [-0.4, -0.2) is 22.2 Å². The van der Waals surface area contributed by atoms with Crippen LogP contribution in [0.25, 0.3) is 0 Å². The molecular formula is C13H21N3O2. The molecule has 5 heteroatoms. The van der Waals surface area contributed by atoms with Crippen molar-refractivity contribution in [2.45, 2.75) is 39.3 Å². The van der Waals surface area contributed by atoms with E-state index in [1.54, 1.807) is 10.8 Å². The zero-order valence-corrected chi connectivity index (χ0v) is 10.9. The Bertz CT molecular complexity index is 498. The van der Waals surface area contributed by atoms with Gasteiger partial charge < -0.3 is 9.88 Å². The van der Waals surface area contributed by atoms with Crippen molar-refractivity contribution in [3.63, 3.8) is 0 Å². The molecule has 2 rings (SSSR count). The zero-order chi connectivity index (χ0) is 13.0. The Kier molecular flexibility index (Phi) is 4.36. The monoisotopic (exact) mass is 251 g/mol. The van der Waals surface area contributed by atoms with E-state index in [1.165, 1.54) is 23.5 Å². The van der Waals surface area contributed by atoms with Gasteiger partial charge in [-0.2, -0.15) is 0 Å². The molecule has 0 radical (unpaired) electrons. The van der Waals surface area contributed by atoms with Crippen molar-refractivity contribution < 1.29 is 0 Å². The fraction of sp³-hybridized carbons (Fsp3) is 0.692. The molecule has 1 aromatic heterocycles. The van der Waals surface area contributed by atoms with E-state index in [1.807, 2.05) is 6.92 Å². The second-order valence-electron chi connectivity index (χ2n) is 4.88. The van der Waals surface area contributed by atoms with Crippen LogP contribution in [0.4, 0.5) is 0 Å². The first-order valence-corrected chi connectivity index (χ1v) is 6.73. The molecule has 1 saturated heterocycles. The Morgan fingerprint density at radius 3 is 2.94 bits per heavy atom. The highest BCUT2D eigenvalue weighted by molar-refractivity contribution is 4.86. The third kappa shape index (κ3) is 2.90. The zero-order valence-electron chi connectivity index (χ0n) is 10.9. The minimum Gasteiger partial charge on any atom is -0.316 e. The molecule has 0 spiro atoms. The molecule has 1 aliphatic heterocycles. The van der Waals surface area contributed by atoms with Crippen LogP contribution in [0.15, 0.2) is 21.9 Å². The molecule has 2 heterocycles. The summed E-state index contributed by atoms with van der Waals surface area (Å²) in [6.07, 6.45) is 4.85. The number of rotatable bonds is 4. The summed E-state index contributed by atoms with van der Waals surface area (Å²) < 4.78 is 2.93. The largest absolute Gasteiger partial charge is 0.330 e. The van der Waals surface area contributed by atoms with Crippen molar-refractivity contribution in [1.82, 2.24) is 14.5 Å². The van der Waals surface area contributed by atoms with Crippen molar-refractivity contribution in [3.05, 3.63) is 33.1 Å². The van der Waals surface area contributed by atoms with Crippen molar-refractivity contribution in [2.24, 2.45) is 5.92 Å². The highest BCUT2D eigenvalue weighted by Crippen LogP contribution is 2.13. The Morgan fingerprint density at radius 2 is 2.28 bits per heavy atom. The molecule has 18 heavy (non-hydrogen) atoms. The van der Waals surface area contributed by atoms with Gasteiger partial charge in [0.1, 0.15) is 0 Å². The van der Waals surface area contributed by atoms with Crippen LogP contribution < -0.4 is 16.6 Å². The van der Waals surface area contributed by atoms with Crippen LogP contribution >= 0.6 is 0 Å². The van der Waals surface area contributed by atoms with Gasteiger partial charge in [-0.05, 0) is 45.2 Å². The van der Waals surface area contributed by atoms with Crippen molar-refractivity contribution in [3.8, 4) is 0 Å². The summed E-state index contributed by atoms with van der Waals surface area (Å²) >= 11 is 0. The van der Waals surface area contributed by atoms with E-state index in [2.05, 4.69) is 5.32 Å². The smallest absolute Gasteiger partial charge is 0.316 e. The van der Waals surface area contributed by atoms with Gasteiger partial charge in [0.05, 0.1) is 0 Å².